The molecule has 5 aromatic carbocycles. The lowest BCUT2D eigenvalue weighted by Gasteiger charge is -2.12. The molecule has 2 heteroatoms. The molecule has 0 radical (unpaired) electrons. The standard InChI is InChI=1S/C28H17ClO/c29-25-14-6-13-23-27-22(12-7-15-26(27)30-28(23)25)20-16-19-10-4-5-11-21(19)24(17-20)18-8-2-1-3-9-18/h1-17H. The summed E-state index contributed by atoms with van der Waals surface area (Å²) in [4.78, 5) is 0. The summed E-state index contributed by atoms with van der Waals surface area (Å²) >= 11 is 6.42. The van der Waals surface area contributed by atoms with E-state index in [1.807, 2.05) is 24.3 Å². The Balaban J connectivity index is 1.71. The lowest BCUT2D eigenvalue weighted by molar-refractivity contribution is 0.669. The molecule has 1 heterocycles. The van der Waals surface area contributed by atoms with Crippen molar-refractivity contribution in [2.24, 2.45) is 0 Å². The molecule has 0 aliphatic carbocycles. The third-order valence-corrected chi connectivity index (χ3v) is 6.03. The molecule has 0 unspecified atom stereocenters. The SMILES string of the molecule is Clc1cccc2c1oc1cccc(-c3cc(-c4ccccc4)c4ccccc4c3)c12. The quantitative estimate of drug-likeness (QED) is 0.281. The molecule has 6 aromatic rings. The largest absolute Gasteiger partial charge is 0.454 e. The van der Waals surface area contributed by atoms with Gasteiger partial charge in [0, 0.05) is 10.8 Å². The van der Waals surface area contributed by atoms with Crippen molar-refractivity contribution >= 4 is 44.3 Å². The summed E-state index contributed by atoms with van der Waals surface area (Å²) in [6.45, 7) is 0. The summed E-state index contributed by atoms with van der Waals surface area (Å²) in [5.74, 6) is 0. The molecule has 0 saturated heterocycles. The minimum Gasteiger partial charge on any atom is -0.454 e. The Labute approximate surface area is 179 Å². The third-order valence-electron chi connectivity index (χ3n) is 5.73. The zero-order chi connectivity index (χ0) is 20.1. The molecule has 1 nitrogen and oxygen atoms in total. The first kappa shape index (κ1) is 17.3. The van der Waals surface area contributed by atoms with Crippen molar-refractivity contribution in [3.05, 3.63) is 108 Å². The molecule has 0 spiro atoms. The van der Waals surface area contributed by atoms with Gasteiger partial charge in [-0.2, -0.15) is 0 Å². The zero-order valence-corrected chi connectivity index (χ0v) is 16.9. The molecule has 0 aliphatic heterocycles. The molecule has 0 atom stereocenters. The predicted molar refractivity (Wildman–Crippen MR) is 127 cm³/mol. The summed E-state index contributed by atoms with van der Waals surface area (Å²) in [5, 5.41) is 5.25. The van der Waals surface area contributed by atoms with Crippen LogP contribution >= 0.6 is 11.6 Å². The second-order valence-corrected chi connectivity index (χ2v) is 7.92. The van der Waals surface area contributed by atoms with Gasteiger partial charge in [0.05, 0.1) is 5.02 Å². The molecule has 6 rings (SSSR count). The maximum atomic E-state index is 6.42. The number of halogens is 1. The van der Waals surface area contributed by atoms with Crippen LogP contribution in [0.15, 0.2) is 108 Å². The van der Waals surface area contributed by atoms with Gasteiger partial charge < -0.3 is 4.42 Å². The molecule has 142 valence electrons. The normalized spacial score (nSPS) is 11.5. The summed E-state index contributed by atoms with van der Waals surface area (Å²) in [6.07, 6.45) is 0. The van der Waals surface area contributed by atoms with Gasteiger partial charge in [-0.1, -0.05) is 90.5 Å². The van der Waals surface area contributed by atoms with Crippen molar-refractivity contribution in [1.82, 2.24) is 0 Å². The third kappa shape index (κ3) is 2.63. The average Bonchev–Trinajstić information content (AvgIpc) is 3.19. The highest BCUT2D eigenvalue weighted by Crippen LogP contribution is 2.41. The van der Waals surface area contributed by atoms with E-state index in [-0.39, 0.29) is 0 Å². The van der Waals surface area contributed by atoms with E-state index in [0.29, 0.717) is 5.02 Å². The number of hydrogen-bond donors (Lipinski definition) is 0. The topological polar surface area (TPSA) is 13.1 Å². The second kappa shape index (κ2) is 6.76. The smallest absolute Gasteiger partial charge is 0.154 e. The highest BCUT2D eigenvalue weighted by Gasteiger charge is 2.15. The van der Waals surface area contributed by atoms with E-state index in [9.17, 15) is 0 Å². The fourth-order valence-electron chi connectivity index (χ4n) is 4.38. The number of furan rings is 1. The van der Waals surface area contributed by atoms with E-state index in [2.05, 4.69) is 78.9 Å². The monoisotopic (exact) mass is 404 g/mol. The molecule has 0 N–H and O–H groups in total. The molecule has 0 saturated carbocycles. The van der Waals surface area contributed by atoms with Gasteiger partial charge in [-0.15, -0.1) is 0 Å². The minimum atomic E-state index is 0.637. The minimum absolute atomic E-state index is 0.637. The number of benzene rings is 5. The van der Waals surface area contributed by atoms with Gasteiger partial charge in [-0.05, 0) is 57.3 Å². The molecule has 0 aliphatic rings. The molecule has 0 amide bonds. The summed E-state index contributed by atoms with van der Waals surface area (Å²) in [6, 6.07) is 35.8. The van der Waals surface area contributed by atoms with Gasteiger partial charge in [-0.3, -0.25) is 0 Å². The van der Waals surface area contributed by atoms with Crippen LogP contribution in [0.5, 0.6) is 0 Å². The maximum absolute atomic E-state index is 6.42. The van der Waals surface area contributed by atoms with E-state index >= 15 is 0 Å². The maximum Gasteiger partial charge on any atom is 0.154 e. The van der Waals surface area contributed by atoms with Gasteiger partial charge in [0.15, 0.2) is 5.58 Å². The fourth-order valence-corrected chi connectivity index (χ4v) is 4.59. The Kier molecular flexibility index (Phi) is 3.90. The summed E-state index contributed by atoms with van der Waals surface area (Å²) < 4.78 is 6.12. The molecule has 30 heavy (non-hydrogen) atoms. The summed E-state index contributed by atoms with van der Waals surface area (Å²) in [5.41, 5.74) is 6.35. The van der Waals surface area contributed by atoms with Gasteiger partial charge in [0.1, 0.15) is 5.58 Å². The van der Waals surface area contributed by atoms with Crippen LogP contribution < -0.4 is 0 Å². The molecular weight excluding hydrogens is 388 g/mol. The summed E-state index contributed by atoms with van der Waals surface area (Å²) in [7, 11) is 0. The Hall–Kier alpha value is -3.55. The van der Waals surface area contributed by atoms with Crippen molar-refractivity contribution in [2.75, 3.05) is 0 Å². The van der Waals surface area contributed by atoms with Crippen molar-refractivity contribution in [2.45, 2.75) is 0 Å². The van der Waals surface area contributed by atoms with Crippen molar-refractivity contribution in [1.29, 1.82) is 0 Å². The zero-order valence-electron chi connectivity index (χ0n) is 16.1. The number of hydrogen-bond acceptors (Lipinski definition) is 1. The van der Waals surface area contributed by atoms with E-state index in [1.54, 1.807) is 0 Å². The first-order chi connectivity index (χ1) is 14.8. The van der Waals surface area contributed by atoms with Gasteiger partial charge in [0.25, 0.3) is 0 Å². The molecule has 0 bridgehead atoms. The number of rotatable bonds is 2. The van der Waals surface area contributed by atoms with Crippen molar-refractivity contribution in [3.8, 4) is 22.3 Å². The van der Waals surface area contributed by atoms with Crippen molar-refractivity contribution in [3.63, 3.8) is 0 Å². The van der Waals surface area contributed by atoms with E-state index in [1.165, 1.54) is 27.5 Å². The van der Waals surface area contributed by atoms with Crippen LogP contribution in [0, 0.1) is 0 Å². The van der Waals surface area contributed by atoms with E-state index in [0.717, 1.165) is 27.5 Å². The first-order valence-corrected chi connectivity index (χ1v) is 10.4. The molecule has 0 fully saturated rings. The van der Waals surface area contributed by atoms with Crippen molar-refractivity contribution < 1.29 is 4.42 Å². The van der Waals surface area contributed by atoms with Crippen LogP contribution in [-0.4, -0.2) is 0 Å². The number of fused-ring (bicyclic) bond motifs is 4. The van der Waals surface area contributed by atoms with E-state index < -0.39 is 0 Å². The Bertz CT molecular complexity index is 1540. The lowest BCUT2D eigenvalue weighted by atomic mass is 9.91. The van der Waals surface area contributed by atoms with Crippen LogP contribution in [0.25, 0.3) is 55.0 Å². The highest BCUT2D eigenvalue weighted by molar-refractivity contribution is 6.36. The van der Waals surface area contributed by atoms with Crippen LogP contribution in [0.3, 0.4) is 0 Å². The Morgan fingerprint density at radius 3 is 2.23 bits per heavy atom. The van der Waals surface area contributed by atoms with Crippen LogP contribution in [0.1, 0.15) is 0 Å². The highest BCUT2D eigenvalue weighted by atomic mass is 35.5. The van der Waals surface area contributed by atoms with Crippen LogP contribution in [-0.2, 0) is 0 Å². The molecule has 1 aromatic heterocycles. The lowest BCUT2D eigenvalue weighted by Crippen LogP contribution is -1.86. The van der Waals surface area contributed by atoms with Crippen LogP contribution in [0.2, 0.25) is 5.02 Å². The fraction of sp³-hybridized carbons (Fsp3) is 0. The Morgan fingerprint density at radius 1 is 0.567 bits per heavy atom. The average molecular weight is 405 g/mol. The van der Waals surface area contributed by atoms with Gasteiger partial charge in [0.2, 0.25) is 0 Å². The van der Waals surface area contributed by atoms with E-state index in [4.69, 9.17) is 16.0 Å². The number of para-hydroxylation sites is 1. The van der Waals surface area contributed by atoms with Gasteiger partial charge in [-0.25, -0.2) is 0 Å². The second-order valence-electron chi connectivity index (χ2n) is 7.51. The Morgan fingerprint density at radius 2 is 1.33 bits per heavy atom. The van der Waals surface area contributed by atoms with Gasteiger partial charge >= 0.3 is 0 Å². The molecular formula is C28H17ClO. The van der Waals surface area contributed by atoms with Crippen LogP contribution in [0.4, 0.5) is 0 Å². The first-order valence-electron chi connectivity index (χ1n) is 9.98. The predicted octanol–water partition coefficient (Wildman–Crippen LogP) is 8.73.